The Bertz CT molecular complexity index is 551. The van der Waals surface area contributed by atoms with Gasteiger partial charge in [-0.15, -0.1) is 0 Å². The normalized spacial score (nSPS) is 19.9. The molecule has 90 valence electrons. The molecular formula is C15H20N2. The number of aromatic nitrogens is 1. The number of nitrogens with zero attached hydrogens (tertiary/aromatic N) is 1. The van der Waals surface area contributed by atoms with Crippen molar-refractivity contribution >= 4 is 10.9 Å². The van der Waals surface area contributed by atoms with Crippen molar-refractivity contribution in [2.24, 2.45) is 0 Å². The Balaban J connectivity index is 2.14. The molecule has 1 aliphatic rings. The van der Waals surface area contributed by atoms with Gasteiger partial charge in [0.2, 0.25) is 0 Å². The minimum absolute atomic E-state index is 0.695. The summed E-state index contributed by atoms with van der Waals surface area (Å²) in [5.74, 6) is 0. The van der Waals surface area contributed by atoms with Crippen molar-refractivity contribution < 1.29 is 0 Å². The van der Waals surface area contributed by atoms with E-state index in [-0.39, 0.29) is 0 Å². The van der Waals surface area contributed by atoms with Crippen molar-refractivity contribution in [3.05, 3.63) is 35.0 Å². The van der Waals surface area contributed by atoms with Crippen LogP contribution in [0.15, 0.2) is 18.2 Å². The highest BCUT2D eigenvalue weighted by Gasteiger charge is 2.24. The summed E-state index contributed by atoms with van der Waals surface area (Å²) in [6.45, 7) is 2.22. The smallest absolute Gasteiger partial charge is 0.0461 e. The van der Waals surface area contributed by atoms with Crippen LogP contribution < -0.4 is 0 Å². The maximum atomic E-state index is 3.60. The van der Waals surface area contributed by atoms with Crippen LogP contribution in [-0.4, -0.2) is 30.0 Å². The Labute approximate surface area is 103 Å². The van der Waals surface area contributed by atoms with Gasteiger partial charge in [-0.05, 0) is 57.5 Å². The van der Waals surface area contributed by atoms with Gasteiger partial charge in [-0.3, -0.25) is 0 Å². The lowest BCUT2D eigenvalue weighted by Crippen LogP contribution is -2.33. The summed E-state index contributed by atoms with van der Waals surface area (Å²) in [4.78, 5) is 5.96. The van der Waals surface area contributed by atoms with Gasteiger partial charge in [0.05, 0.1) is 0 Å². The molecule has 1 N–H and O–H groups in total. The van der Waals surface area contributed by atoms with E-state index in [0.717, 1.165) is 0 Å². The molecule has 0 amide bonds. The molecule has 0 radical (unpaired) electrons. The summed E-state index contributed by atoms with van der Waals surface area (Å²) in [6.07, 6.45) is 3.64. The van der Waals surface area contributed by atoms with E-state index in [0.29, 0.717) is 6.04 Å². The first-order chi connectivity index (χ1) is 8.16. The standard InChI is InChI=1S/C15H20N2/c1-10-5-4-6-14-15(10)12-9-11(17(2)3)7-8-13(12)16-14/h4-6,11,16H,7-9H2,1-3H3/t11-/m0/s1. The second kappa shape index (κ2) is 3.88. The third kappa shape index (κ3) is 1.67. The largest absolute Gasteiger partial charge is 0.358 e. The minimum atomic E-state index is 0.695. The molecule has 1 aromatic carbocycles. The molecule has 0 aliphatic heterocycles. The fourth-order valence-electron chi connectivity index (χ4n) is 3.09. The van der Waals surface area contributed by atoms with E-state index < -0.39 is 0 Å². The monoisotopic (exact) mass is 228 g/mol. The molecule has 0 bridgehead atoms. The van der Waals surface area contributed by atoms with Crippen LogP contribution in [0.3, 0.4) is 0 Å². The molecule has 1 aromatic heterocycles. The van der Waals surface area contributed by atoms with Gasteiger partial charge in [-0.1, -0.05) is 12.1 Å². The molecule has 3 rings (SSSR count). The topological polar surface area (TPSA) is 19.0 Å². The molecule has 2 aromatic rings. The molecule has 0 fully saturated rings. The average molecular weight is 228 g/mol. The lowest BCUT2D eigenvalue weighted by atomic mass is 9.90. The molecule has 1 heterocycles. The molecule has 1 aliphatic carbocycles. The highest BCUT2D eigenvalue weighted by atomic mass is 15.1. The number of nitrogens with one attached hydrogen (secondary N) is 1. The fourth-order valence-corrected chi connectivity index (χ4v) is 3.09. The van der Waals surface area contributed by atoms with Gasteiger partial charge in [0, 0.05) is 22.6 Å². The van der Waals surface area contributed by atoms with Crippen LogP contribution in [-0.2, 0) is 12.8 Å². The predicted octanol–water partition coefficient (Wildman–Crippen LogP) is 2.90. The SMILES string of the molecule is Cc1cccc2[nH]c3c(c12)C[C@@H](N(C)C)CC3. The van der Waals surface area contributed by atoms with Crippen LogP contribution in [0.4, 0.5) is 0 Å². The zero-order chi connectivity index (χ0) is 12.0. The van der Waals surface area contributed by atoms with E-state index in [2.05, 4.69) is 49.1 Å². The second-order valence-corrected chi connectivity index (χ2v) is 5.44. The summed E-state index contributed by atoms with van der Waals surface area (Å²) >= 11 is 0. The first-order valence-electron chi connectivity index (χ1n) is 6.42. The van der Waals surface area contributed by atoms with Gasteiger partial charge in [0.25, 0.3) is 0 Å². The van der Waals surface area contributed by atoms with Crippen LogP contribution in [0.5, 0.6) is 0 Å². The van der Waals surface area contributed by atoms with Crippen LogP contribution in [0, 0.1) is 6.92 Å². The zero-order valence-corrected chi connectivity index (χ0v) is 10.9. The summed E-state index contributed by atoms with van der Waals surface area (Å²) < 4.78 is 0. The second-order valence-electron chi connectivity index (χ2n) is 5.44. The van der Waals surface area contributed by atoms with Gasteiger partial charge in [-0.25, -0.2) is 0 Å². The fraction of sp³-hybridized carbons (Fsp3) is 0.467. The summed E-state index contributed by atoms with van der Waals surface area (Å²) in [5, 5.41) is 1.47. The summed E-state index contributed by atoms with van der Waals surface area (Å²) in [7, 11) is 4.38. The zero-order valence-electron chi connectivity index (χ0n) is 10.9. The first kappa shape index (κ1) is 10.8. The van der Waals surface area contributed by atoms with Gasteiger partial charge >= 0.3 is 0 Å². The molecule has 0 spiro atoms. The number of hydrogen-bond acceptors (Lipinski definition) is 1. The van der Waals surface area contributed by atoms with Crippen LogP contribution >= 0.6 is 0 Å². The van der Waals surface area contributed by atoms with Crippen molar-refractivity contribution in [1.29, 1.82) is 0 Å². The molecular weight excluding hydrogens is 208 g/mol. The van der Waals surface area contributed by atoms with Gasteiger partial charge in [0.15, 0.2) is 0 Å². The minimum Gasteiger partial charge on any atom is -0.358 e. The number of hydrogen-bond donors (Lipinski definition) is 1. The lowest BCUT2D eigenvalue weighted by molar-refractivity contribution is 0.268. The molecule has 0 saturated heterocycles. The van der Waals surface area contributed by atoms with Gasteiger partial charge in [0.1, 0.15) is 0 Å². The van der Waals surface area contributed by atoms with Crippen LogP contribution in [0.1, 0.15) is 23.2 Å². The summed E-state index contributed by atoms with van der Waals surface area (Å²) in [5.41, 5.74) is 5.74. The van der Waals surface area contributed by atoms with E-state index in [9.17, 15) is 0 Å². The van der Waals surface area contributed by atoms with E-state index in [1.165, 1.54) is 41.4 Å². The number of benzene rings is 1. The van der Waals surface area contributed by atoms with Crippen molar-refractivity contribution in [2.75, 3.05) is 14.1 Å². The Morgan fingerprint density at radius 2 is 2.12 bits per heavy atom. The number of aryl methyl sites for hydroxylation is 2. The number of fused-ring (bicyclic) bond motifs is 3. The molecule has 17 heavy (non-hydrogen) atoms. The molecule has 0 saturated carbocycles. The van der Waals surface area contributed by atoms with Crippen LogP contribution in [0.25, 0.3) is 10.9 Å². The predicted molar refractivity (Wildman–Crippen MR) is 72.5 cm³/mol. The van der Waals surface area contributed by atoms with Gasteiger partial charge < -0.3 is 9.88 Å². The van der Waals surface area contributed by atoms with Crippen molar-refractivity contribution in [3.63, 3.8) is 0 Å². The van der Waals surface area contributed by atoms with E-state index >= 15 is 0 Å². The third-order valence-corrected chi connectivity index (χ3v) is 4.12. The van der Waals surface area contributed by atoms with E-state index in [4.69, 9.17) is 0 Å². The third-order valence-electron chi connectivity index (χ3n) is 4.12. The maximum absolute atomic E-state index is 3.60. The van der Waals surface area contributed by atoms with Crippen LogP contribution in [0.2, 0.25) is 0 Å². The summed E-state index contributed by atoms with van der Waals surface area (Å²) in [6, 6.07) is 7.26. The molecule has 2 nitrogen and oxygen atoms in total. The highest BCUT2D eigenvalue weighted by molar-refractivity contribution is 5.88. The van der Waals surface area contributed by atoms with E-state index in [1.807, 2.05) is 0 Å². The molecule has 2 heteroatoms. The van der Waals surface area contributed by atoms with Crippen molar-refractivity contribution in [1.82, 2.24) is 9.88 Å². The first-order valence-corrected chi connectivity index (χ1v) is 6.42. The Kier molecular flexibility index (Phi) is 2.48. The maximum Gasteiger partial charge on any atom is 0.0461 e. The Morgan fingerprint density at radius 3 is 2.88 bits per heavy atom. The quantitative estimate of drug-likeness (QED) is 0.795. The average Bonchev–Trinajstić information content (AvgIpc) is 2.67. The Hall–Kier alpha value is -1.28. The lowest BCUT2D eigenvalue weighted by Gasteiger charge is -2.28. The molecule has 0 unspecified atom stereocenters. The number of aromatic amines is 1. The van der Waals surface area contributed by atoms with E-state index in [1.54, 1.807) is 5.56 Å². The number of rotatable bonds is 1. The Morgan fingerprint density at radius 1 is 1.29 bits per heavy atom. The highest BCUT2D eigenvalue weighted by Crippen LogP contribution is 2.32. The van der Waals surface area contributed by atoms with Gasteiger partial charge in [-0.2, -0.15) is 0 Å². The number of H-pyrrole nitrogens is 1. The van der Waals surface area contributed by atoms with Crippen molar-refractivity contribution in [2.45, 2.75) is 32.2 Å². The number of likely N-dealkylation sites (N-methyl/N-ethyl adjacent to an activating group) is 1. The van der Waals surface area contributed by atoms with Crippen molar-refractivity contribution in [3.8, 4) is 0 Å². The molecule has 1 atom stereocenters.